The fourth-order valence-corrected chi connectivity index (χ4v) is 2.50. The van der Waals surface area contributed by atoms with E-state index in [1.165, 1.54) is 5.56 Å². The molecule has 0 aliphatic rings. The summed E-state index contributed by atoms with van der Waals surface area (Å²) in [5, 5.41) is 2.86. The minimum Gasteiger partial charge on any atom is -0.373 e. The third-order valence-electron chi connectivity index (χ3n) is 4.11. The Kier molecular flexibility index (Phi) is 5.88. The Morgan fingerprint density at radius 1 is 0.962 bits per heavy atom. The van der Waals surface area contributed by atoms with Crippen LogP contribution in [0.2, 0.25) is 0 Å². The first-order chi connectivity index (χ1) is 12.7. The normalized spacial score (nSPS) is 10.3. The Bertz CT molecular complexity index is 822. The molecular weight excluding hydrogens is 326 g/mol. The molecule has 0 bridgehead atoms. The van der Waals surface area contributed by atoms with Gasteiger partial charge in [-0.3, -0.25) is 14.8 Å². The van der Waals surface area contributed by atoms with Crippen LogP contribution >= 0.6 is 0 Å². The smallest absolute Gasteiger partial charge is 0.270 e. The molecule has 1 amide bonds. The fourth-order valence-electron chi connectivity index (χ4n) is 2.50. The maximum absolute atomic E-state index is 12.2. The second-order valence-electron chi connectivity index (χ2n) is 5.97. The van der Waals surface area contributed by atoms with Crippen LogP contribution in [0.25, 0.3) is 0 Å². The van der Waals surface area contributed by atoms with Crippen molar-refractivity contribution in [3.63, 3.8) is 0 Å². The number of likely N-dealkylation sites (N-methyl/N-ethyl adjacent to an activating group) is 1. The molecule has 3 aromatic heterocycles. The zero-order valence-electron chi connectivity index (χ0n) is 14.7. The summed E-state index contributed by atoms with van der Waals surface area (Å²) in [5.74, 6) is -0.187. The van der Waals surface area contributed by atoms with Crippen molar-refractivity contribution in [2.75, 3.05) is 18.5 Å². The molecule has 0 aliphatic carbocycles. The molecule has 0 aromatic carbocycles. The van der Waals surface area contributed by atoms with Crippen molar-refractivity contribution in [1.82, 2.24) is 20.3 Å². The average Bonchev–Trinajstić information content (AvgIpc) is 2.72. The summed E-state index contributed by atoms with van der Waals surface area (Å²) in [7, 11) is 2.02. The van der Waals surface area contributed by atoms with Crippen LogP contribution in [-0.4, -0.2) is 34.5 Å². The largest absolute Gasteiger partial charge is 0.373 e. The van der Waals surface area contributed by atoms with E-state index in [4.69, 9.17) is 0 Å². The van der Waals surface area contributed by atoms with E-state index in [0.29, 0.717) is 12.2 Å². The number of carbonyl (C=O) groups is 1. The van der Waals surface area contributed by atoms with Crippen molar-refractivity contribution in [3.8, 4) is 0 Å². The Balaban J connectivity index is 1.53. The number of nitrogens with zero attached hydrogens (tertiary/aromatic N) is 4. The van der Waals surface area contributed by atoms with E-state index in [0.717, 1.165) is 24.2 Å². The SMILES string of the molecule is CN(CCc1ccncc1)c1ccc(C(=O)NCc2ccncc2)nc1. The third-order valence-corrected chi connectivity index (χ3v) is 4.11. The van der Waals surface area contributed by atoms with Crippen LogP contribution in [0.15, 0.2) is 67.4 Å². The van der Waals surface area contributed by atoms with Crippen molar-refractivity contribution in [3.05, 3.63) is 84.2 Å². The number of nitrogens with one attached hydrogen (secondary N) is 1. The van der Waals surface area contributed by atoms with Gasteiger partial charge in [0.25, 0.3) is 5.91 Å². The maximum atomic E-state index is 12.2. The zero-order chi connectivity index (χ0) is 18.2. The lowest BCUT2D eigenvalue weighted by molar-refractivity contribution is 0.0946. The van der Waals surface area contributed by atoms with Crippen molar-refractivity contribution < 1.29 is 4.79 Å². The van der Waals surface area contributed by atoms with Gasteiger partial charge in [0.1, 0.15) is 5.69 Å². The number of carbonyl (C=O) groups excluding carboxylic acids is 1. The van der Waals surface area contributed by atoms with Crippen molar-refractivity contribution >= 4 is 11.6 Å². The van der Waals surface area contributed by atoms with E-state index < -0.39 is 0 Å². The van der Waals surface area contributed by atoms with Crippen molar-refractivity contribution in [2.45, 2.75) is 13.0 Å². The van der Waals surface area contributed by atoms with Crippen LogP contribution in [0.3, 0.4) is 0 Å². The van der Waals surface area contributed by atoms with Gasteiger partial charge in [0.05, 0.1) is 11.9 Å². The van der Waals surface area contributed by atoms with Crippen LogP contribution in [0, 0.1) is 0 Å². The van der Waals surface area contributed by atoms with Gasteiger partial charge in [-0.15, -0.1) is 0 Å². The molecule has 3 heterocycles. The summed E-state index contributed by atoms with van der Waals surface area (Å²) < 4.78 is 0. The molecule has 0 unspecified atom stereocenters. The van der Waals surface area contributed by atoms with Gasteiger partial charge in [-0.25, -0.2) is 4.98 Å². The van der Waals surface area contributed by atoms with E-state index in [1.807, 2.05) is 37.4 Å². The lowest BCUT2D eigenvalue weighted by Gasteiger charge is -2.19. The number of aromatic nitrogens is 3. The van der Waals surface area contributed by atoms with Gasteiger partial charge >= 0.3 is 0 Å². The van der Waals surface area contributed by atoms with E-state index in [1.54, 1.807) is 37.1 Å². The van der Waals surface area contributed by atoms with Gasteiger partial charge in [0, 0.05) is 44.9 Å². The summed E-state index contributed by atoms with van der Waals surface area (Å²) in [6.45, 7) is 1.32. The minimum atomic E-state index is -0.187. The van der Waals surface area contributed by atoms with Gasteiger partial charge in [-0.1, -0.05) is 0 Å². The summed E-state index contributed by atoms with van der Waals surface area (Å²) in [6, 6.07) is 11.4. The number of hydrogen-bond donors (Lipinski definition) is 1. The maximum Gasteiger partial charge on any atom is 0.270 e. The van der Waals surface area contributed by atoms with Gasteiger partial charge in [-0.2, -0.15) is 0 Å². The summed E-state index contributed by atoms with van der Waals surface area (Å²) >= 11 is 0. The molecular formula is C20H21N5O. The van der Waals surface area contributed by atoms with E-state index in [-0.39, 0.29) is 5.91 Å². The van der Waals surface area contributed by atoms with Crippen LogP contribution in [0.4, 0.5) is 5.69 Å². The second kappa shape index (κ2) is 8.71. The first kappa shape index (κ1) is 17.5. The monoisotopic (exact) mass is 347 g/mol. The molecule has 0 aliphatic heterocycles. The molecule has 0 saturated carbocycles. The highest BCUT2D eigenvalue weighted by Gasteiger charge is 2.08. The van der Waals surface area contributed by atoms with E-state index in [9.17, 15) is 4.79 Å². The minimum absolute atomic E-state index is 0.187. The van der Waals surface area contributed by atoms with Gasteiger partial charge in [0.2, 0.25) is 0 Å². The molecule has 6 nitrogen and oxygen atoms in total. The Labute approximate surface area is 153 Å². The van der Waals surface area contributed by atoms with E-state index >= 15 is 0 Å². The molecule has 6 heteroatoms. The standard InChI is InChI=1S/C20H21N5O/c1-25(13-8-16-4-9-21-10-5-16)18-2-3-19(23-15-18)20(26)24-14-17-6-11-22-12-7-17/h2-7,9-12,15H,8,13-14H2,1H3,(H,24,26). The lowest BCUT2D eigenvalue weighted by atomic mass is 10.2. The van der Waals surface area contributed by atoms with Gasteiger partial charge < -0.3 is 10.2 Å². The molecule has 1 N–H and O–H groups in total. The number of rotatable bonds is 7. The summed E-state index contributed by atoms with van der Waals surface area (Å²) in [6.07, 6.45) is 9.67. The lowest BCUT2D eigenvalue weighted by Crippen LogP contribution is -2.24. The predicted molar refractivity (Wildman–Crippen MR) is 101 cm³/mol. The van der Waals surface area contributed by atoms with Crippen LogP contribution in [0.5, 0.6) is 0 Å². The van der Waals surface area contributed by atoms with Crippen LogP contribution < -0.4 is 10.2 Å². The van der Waals surface area contributed by atoms with E-state index in [2.05, 4.69) is 25.2 Å². The average molecular weight is 347 g/mol. The Hall–Kier alpha value is -3.28. The zero-order valence-corrected chi connectivity index (χ0v) is 14.7. The molecule has 26 heavy (non-hydrogen) atoms. The predicted octanol–water partition coefficient (Wildman–Crippen LogP) is 2.48. The molecule has 0 fully saturated rings. The highest BCUT2D eigenvalue weighted by Crippen LogP contribution is 2.12. The van der Waals surface area contributed by atoms with Crippen LogP contribution in [0.1, 0.15) is 21.6 Å². The summed E-state index contributed by atoms with van der Waals surface area (Å²) in [4.78, 5) is 26.6. The Morgan fingerprint density at radius 2 is 1.62 bits per heavy atom. The molecule has 0 atom stereocenters. The van der Waals surface area contributed by atoms with Gasteiger partial charge in [0.15, 0.2) is 0 Å². The second-order valence-corrected chi connectivity index (χ2v) is 5.97. The third kappa shape index (κ3) is 4.86. The first-order valence-corrected chi connectivity index (χ1v) is 8.45. The van der Waals surface area contributed by atoms with Crippen molar-refractivity contribution in [2.24, 2.45) is 0 Å². The summed E-state index contributed by atoms with van der Waals surface area (Å²) in [5.41, 5.74) is 3.63. The number of anilines is 1. The quantitative estimate of drug-likeness (QED) is 0.711. The topological polar surface area (TPSA) is 71.0 Å². The molecule has 0 saturated heterocycles. The van der Waals surface area contributed by atoms with Crippen LogP contribution in [-0.2, 0) is 13.0 Å². The molecule has 132 valence electrons. The molecule has 0 radical (unpaired) electrons. The highest BCUT2D eigenvalue weighted by atomic mass is 16.1. The van der Waals surface area contributed by atoms with Gasteiger partial charge in [-0.05, 0) is 53.9 Å². The van der Waals surface area contributed by atoms with Crippen molar-refractivity contribution in [1.29, 1.82) is 0 Å². The molecule has 3 rings (SSSR count). The molecule has 0 spiro atoms. The number of pyridine rings is 3. The first-order valence-electron chi connectivity index (χ1n) is 8.45. The number of hydrogen-bond acceptors (Lipinski definition) is 5. The molecule has 3 aromatic rings. The highest BCUT2D eigenvalue weighted by molar-refractivity contribution is 5.92. The fraction of sp³-hybridized carbons (Fsp3) is 0.200. The Morgan fingerprint density at radius 3 is 2.23 bits per heavy atom. The number of amides is 1.